The summed E-state index contributed by atoms with van der Waals surface area (Å²) in [5.41, 5.74) is 0. The lowest BCUT2D eigenvalue weighted by Gasteiger charge is -2.26. The summed E-state index contributed by atoms with van der Waals surface area (Å²) in [6.45, 7) is 6.23. The molecule has 0 saturated heterocycles. The number of carboxylic acid groups (broad SMARTS) is 1. The number of methoxy groups -OCH3 is 1. The molecule has 0 amide bonds. The summed E-state index contributed by atoms with van der Waals surface area (Å²) in [5.74, 6) is -0.965. The quantitative estimate of drug-likeness (QED) is 0.613. The van der Waals surface area contributed by atoms with Gasteiger partial charge in [-0.2, -0.15) is 0 Å². The van der Waals surface area contributed by atoms with Gasteiger partial charge in [-0.1, -0.05) is 20.8 Å². The largest absolute Gasteiger partial charge is 0.481 e. The average molecular weight is 203 g/mol. The van der Waals surface area contributed by atoms with Gasteiger partial charge >= 0.3 is 5.97 Å². The molecule has 4 heteroatoms. The first kappa shape index (κ1) is 13.4. The van der Waals surface area contributed by atoms with Crippen LogP contribution in [0.4, 0.5) is 0 Å². The van der Waals surface area contributed by atoms with Gasteiger partial charge in [0, 0.05) is 13.2 Å². The lowest BCUT2D eigenvalue weighted by molar-refractivity contribution is -0.144. The summed E-state index contributed by atoms with van der Waals surface area (Å²) in [7, 11) is 1.59. The Morgan fingerprint density at radius 2 is 2.07 bits per heavy atom. The number of hydrogen-bond acceptors (Lipinski definition) is 3. The van der Waals surface area contributed by atoms with Crippen LogP contribution in [0.2, 0.25) is 0 Å². The van der Waals surface area contributed by atoms with Gasteiger partial charge < -0.3 is 9.84 Å². The summed E-state index contributed by atoms with van der Waals surface area (Å²) in [6, 6.07) is -0.0209. The monoisotopic (exact) mass is 203 g/mol. The molecule has 0 heterocycles. The van der Waals surface area contributed by atoms with E-state index in [0.29, 0.717) is 6.73 Å². The van der Waals surface area contributed by atoms with E-state index in [1.165, 1.54) is 0 Å². The van der Waals surface area contributed by atoms with Gasteiger partial charge in [-0.05, 0) is 12.3 Å². The number of rotatable bonds is 7. The van der Waals surface area contributed by atoms with Crippen LogP contribution in [0.5, 0.6) is 0 Å². The molecule has 14 heavy (non-hydrogen) atoms. The Morgan fingerprint density at radius 1 is 1.50 bits per heavy atom. The normalized spacial score (nSPS) is 15.5. The second kappa shape index (κ2) is 6.79. The van der Waals surface area contributed by atoms with Crippen LogP contribution in [0, 0.1) is 11.8 Å². The smallest absolute Gasteiger partial charge is 0.308 e. The first-order valence-electron chi connectivity index (χ1n) is 4.99. The molecule has 0 spiro atoms. The van der Waals surface area contributed by atoms with E-state index in [0.717, 1.165) is 6.42 Å². The molecule has 2 N–H and O–H groups in total. The van der Waals surface area contributed by atoms with Crippen molar-refractivity contribution < 1.29 is 14.6 Å². The fourth-order valence-electron chi connectivity index (χ4n) is 1.64. The maximum Gasteiger partial charge on any atom is 0.308 e. The Morgan fingerprint density at radius 3 is 2.36 bits per heavy atom. The summed E-state index contributed by atoms with van der Waals surface area (Å²) >= 11 is 0. The summed E-state index contributed by atoms with van der Waals surface area (Å²) < 4.78 is 4.88. The lowest BCUT2D eigenvalue weighted by Crippen LogP contribution is -2.43. The molecule has 0 aromatic carbocycles. The van der Waals surface area contributed by atoms with Crippen molar-refractivity contribution in [3.63, 3.8) is 0 Å². The SMILES string of the molecule is CCC(NCOC)C(C(=O)O)C(C)C. The molecule has 4 nitrogen and oxygen atoms in total. The van der Waals surface area contributed by atoms with Gasteiger partial charge in [0.1, 0.15) is 0 Å². The molecule has 0 aromatic rings. The maximum atomic E-state index is 11.0. The van der Waals surface area contributed by atoms with E-state index in [2.05, 4.69) is 5.32 Å². The molecule has 0 bridgehead atoms. The van der Waals surface area contributed by atoms with Gasteiger partial charge in [0.05, 0.1) is 12.6 Å². The molecule has 0 aliphatic carbocycles. The van der Waals surface area contributed by atoms with Gasteiger partial charge in [0.2, 0.25) is 0 Å². The van der Waals surface area contributed by atoms with Crippen LogP contribution in [-0.2, 0) is 9.53 Å². The molecule has 0 fully saturated rings. The zero-order valence-electron chi connectivity index (χ0n) is 9.41. The minimum Gasteiger partial charge on any atom is -0.481 e. The Labute approximate surface area is 85.6 Å². The van der Waals surface area contributed by atoms with Crippen molar-refractivity contribution in [2.75, 3.05) is 13.8 Å². The van der Waals surface area contributed by atoms with Crippen molar-refractivity contribution in [1.29, 1.82) is 0 Å². The number of carboxylic acids is 1. The molecule has 0 radical (unpaired) electrons. The first-order valence-corrected chi connectivity index (χ1v) is 4.99. The molecule has 0 aromatic heterocycles. The van der Waals surface area contributed by atoms with Crippen LogP contribution >= 0.6 is 0 Å². The molecule has 0 aliphatic heterocycles. The summed E-state index contributed by atoms with van der Waals surface area (Å²) in [6.07, 6.45) is 0.790. The van der Waals surface area contributed by atoms with Gasteiger partial charge in [0.25, 0.3) is 0 Å². The first-order chi connectivity index (χ1) is 6.54. The highest BCUT2D eigenvalue weighted by Gasteiger charge is 2.29. The molecular weight excluding hydrogens is 182 g/mol. The number of carbonyl (C=O) groups is 1. The van der Waals surface area contributed by atoms with Crippen LogP contribution in [0.15, 0.2) is 0 Å². The average Bonchev–Trinajstić information content (AvgIpc) is 2.10. The minimum absolute atomic E-state index is 0.0209. The highest BCUT2D eigenvalue weighted by atomic mass is 16.5. The standard InChI is InChI=1S/C10H21NO3/c1-5-8(11-6-14-4)9(7(2)3)10(12)13/h7-9,11H,5-6H2,1-4H3,(H,12,13). The van der Waals surface area contributed by atoms with Crippen LogP contribution in [0.1, 0.15) is 27.2 Å². The fraction of sp³-hybridized carbons (Fsp3) is 0.900. The van der Waals surface area contributed by atoms with Crippen molar-refractivity contribution in [3.05, 3.63) is 0 Å². The number of aliphatic carboxylic acids is 1. The predicted molar refractivity (Wildman–Crippen MR) is 55.1 cm³/mol. The van der Waals surface area contributed by atoms with Crippen LogP contribution < -0.4 is 5.32 Å². The van der Waals surface area contributed by atoms with Crippen molar-refractivity contribution in [2.24, 2.45) is 11.8 Å². The molecule has 0 rings (SSSR count). The molecule has 84 valence electrons. The number of ether oxygens (including phenoxy) is 1. The molecule has 0 aliphatic rings. The van der Waals surface area contributed by atoms with Crippen LogP contribution in [-0.4, -0.2) is 31.0 Å². The van der Waals surface area contributed by atoms with E-state index in [1.54, 1.807) is 7.11 Å². The second-order valence-electron chi connectivity index (χ2n) is 3.76. The fourth-order valence-corrected chi connectivity index (χ4v) is 1.64. The molecular formula is C10H21NO3. The molecule has 2 unspecified atom stereocenters. The summed E-state index contributed by atoms with van der Waals surface area (Å²) in [4.78, 5) is 11.0. The Balaban J connectivity index is 4.34. The van der Waals surface area contributed by atoms with E-state index in [-0.39, 0.29) is 17.9 Å². The summed E-state index contributed by atoms with van der Waals surface area (Å²) in [5, 5.41) is 12.1. The van der Waals surface area contributed by atoms with E-state index in [9.17, 15) is 4.79 Å². The topological polar surface area (TPSA) is 58.6 Å². The van der Waals surface area contributed by atoms with Gasteiger partial charge in [-0.3, -0.25) is 10.1 Å². The van der Waals surface area contributed by atoms with Gasteiger partial charge in [0.15, 0.2) is 0 Å². The molecule has 0 saturated carbocycles. The second-order valence-corrected chi connectivity index (χ2v) is 3.76. The Hall–Kier alpha value is -0.610. The van der Waals surface area contributed by atoms with Crippen LogP contribution in [0.25, 0.3) is 0 Å². The third-order valence-corrected chi connectivity index (χ3v) is 2.37. The maximum absolute atomic E-state index is 11.0. The number of hydrogen-bond donors (Lipinski definition) is 2. The lowest BCUT2D eigenvalue weighted by atomic mass is 9.87. The third-order valence-electron chi connectivity index (χ3n) is 2.37. The highest BCUT2D eigenvalue weighted by molar-refractivity contribution is 5.71. The van der Waals surface area contributed by atoms with Crippen molar-refractivity contribution in [2.45, 2.75) is 33.2 Å². The molecule has 2 atom stereocenters. The zero-order chi connectivity index (χ0) is 11.1. The highest BCUT2D eigenvalue weighted by Crippen LogP contribution is 2.18. The van der Waals surface area contributed by atoms with Crippen molar-refractivity contribution in [3.8, 4) is 0 Å². The third kappa shape index (κ3) is 4.07. The Kier molecular flexibility index (Phi) is 6.49. The number of nitrogens with one attached hydrogen (secondary N) is 1. The van der Waals surface area contributed by atoms with E-state index in [1.807, 2.05) is 20.8 Å². The van der Waals surface area contributed by atoms with E-state index < -0.39 is 5.97 Å². The van der Waals surface area contributed by atoms with Crippen molar-refractivity contribution in [1.82, 2.24) is 5.32 Å². The van der Waals surface area contributed by atoms with Gasteiger partial charge in [-0.25, -0.2) is 0 Å². The zero-order valence-corrected chi connectivity index (χ0v) is 9.41. The van der Waals surface area contributed by atoms with Crippen LogP contribution in [0.3, 0.4) is 0 Å². The Bertz CT molecular complexity index is 171. The predicted octanol–water partition coefficient (Wildman–Crippen LogP) is 1.32. The van der Waals surface area contributed by atoms with Gasteiger partial charge in [-0.15, -0.1) is 0 Å². The van der Waals surface area contributed by atoms with E-state index >= 15 is 0 Å². The van der Waals surface area contributed by atoms with E-state index in [4.69, 9.17) is 9.84 Å². The minimum atomic E-state index is -0.740. The van der Waals surface area contributed by atoms with Crippen molar-refractivity contribution >= 4 is 5.97 Å².